The van der Waals surface area contributed by atoms with E-state index in [2.05, 4.69) is 21.8 Å². The molecule has 0 radical (unpaired) electrons. The summed E-state index contributed by atoms with van der Waals surface area (Å²) >= 11 is 0. The number of unbranched alkanes of at least 4 members (excludes halogenated alkanes) is 1. The van der Waals surface area contributed by atoms with Crippen molar-refractivity contribution in [2.24, 2.45) is 0 Å². The van der Waals surface area contributed by atoms with Gasteiger partial charge in [-0.25, -0.2) is 14.8 Å². The third-order valence-corrected chi connectivity index (χ3v) is 7.39. The van der Waals surface area contributed by atoms with Gasteiger partial charge in [0.05, 0.1) is 11.0 Å². The summed E-state index contributed by atoms with van der Waals surface area (Å²) in [6, 6.07) is 13.1. The molecule has 1 aliphatic heterocycles. The van der Waals surface area contributed by atoms with Crippen LogP contribution < -0.4 is 11.1 Å². The fourth-order valence-electron chi connectivity index (χ4n) is 5.14. The number of imidazole rings is 1. The average molecular weight is 587 g/mol. The van der Waals surface area contributed by atoms with Gasteiger partial charge in [0.1, 0.15) is 17.1 Å². The third kappa shape index (κ3) is 6.58. The summed E-state index contributed by atoms with van der Waals surface area (Å²) in [6.45, 7) is 2.70. The van der Waals surface area contributed by atoms with Gasteiger partial charge in [0.25, 0.3) is 11.8 Å². The number of nitrogen functional groups attached to an aromatic ring is 1. The number of carbonyl (C=O) groups is 4. The number of aryl methyl sites for hydroxylation is 1. The Morgan fingerprint density at radius 1 is 1.05 bits per heavy atom. The van der Waals surface area contributed by atoms with Gasteiger partial charge >= 0.3 is 5.97 Å². The Kier molecular flexibility index (Phi) is 8.84. The van der Waals surface area contributed by atoms with E-state index in [1.54, 1.807) is 6.07 Å². The summed E-state index contributed by atoms with van der Waals surface area (Å²) in [7, 11) is 0. The number of aromatic hydroxyl groups is 1. The molecule has 0 saturated carbocycles. The number of phenols is 1. The molecular formula is C31H34N6O6. The van der Waals surface area contributed by atoms with Crippen molar-refractivity contribution >= 4 is 51.4 Å². The topological polar surface area (TPSA) is 170 Å². The number of amides is 3. The summed E-state index contributed by atoms with van der Waals surface area (Å²) in [5.74, 6) is -0.836. The largest absolute Gasteiger partial charge is 0.508 e. The highest BCUT2D eigenvalue weighted by Crippen LogP contribution is 2.30. The first-order chi connectivity index (χ1) is 20.7. The van der Waals surface area contributed by atoms with Crippen molar-refractivity contribution in [3.63, 3.8) is 0 Å². The fraction of sp³-hybridized carbons (Fsp3) is 0.355. The van der Waals surface area contributed by atoms with Gasteiger partial charge in [-0.2, -0.15) is 0 Å². The first-order valence-electron chi connectivity index (χ1n) is 14.4. The van der Waals surface area contributed by atoms with Crippen LogP contribution in [-0.4, -0.2) is 48.4 Å². The van der Waals surface area contributed by atoms with Crippen LogP contribution in [0, 0.1) is 0 Å². The summed E-state index contributed by atoms with van der Waals surface area (Å²) in [5, 5.41) is 14.7. The SMILES string of the molecule is CCCCc1nc2c(N)nc3ccccc3c2n1Cc1ccc(O)c(CNC(=O)CCCC(=O)ON2C(=O)CCC2=O)c1. The standard InChI is InChI=1S/C31H34N6O6/c1-2-3-9-24-35-29-30(21-7-4-5-8-22(21)34-31(29)32)36(24)18-19-12-13-23(38)20(16-19)17-33-25(39)10-6-11-28(42)43-37-26(40)14-15-27(37)41/h4-5,7-8,12-13,16,38H,2-3,6,9-11,14-15,17-18H2,1H3,(H2,32,34)(H,33,39). The molecule has 1 fully saturated rings. The summed E-state index contributed by atoms with van der Waals surface area (Å²) in [4.78, 5) is 61.8. The number of hydroxylamine groups is 2. The maximum atomic E-state index is 12.5. The summed E-state index contributed by atoms with van der Waals surface area (Å²) in [6.07, 6.45) is 2.87. The quantitative estimate of drug-likeness (QED) is 0.210. The lowest BCUT2D eigenvalue weighted by Crippen LogP contribution is -2.32. The number of fused-ring (bicyclic) bond motifs is 3. The van der Waals surface area contributed by atoms with Crippen LogP contribution in [0.4, 0.5) is 5.82 Å². The van der Waals surface area contributed by atoms with Gasteiger partial charge in [-0.1, -0.05) is 37.6 Å². The van der Waals surface area contributed by atoms with Crippen molar-refractivity contribution in [2.45, 2.75) is 71.4 Å². The lowest BCUT2D eigenvalue weighted by molar-refractivity contribution is -0.197. The molecule has 2 aromatic carbocycles. The lowest BCUT2D eigenvalue weighted by atomic mass is 10.1. The predicted octanol–water partition coefficient (Wildman–Crippen LogP) is 3.66. The second-order valence-corrected chi connectivity index (χ2v) is 10.6. The van der Waals surface area contributed by atoms with E-state index in [0.29, 0.717) is 28.5 Å². The molecule has 3 heterocycles. The molecule has 0 atom stereocenters. The molecule has 1 aliphatic rings. The van der Waals surface area contributed by atoms with Crippen LogP contribution in [0.25, 0.3) is 21.9 Å². The molecule has 12 nitrogen and oxygen atoms in total. The van der Waals surface area contributed by atoms with E-state index in [1.165, 1.54) is 0 Å². The highest BCUT2D eigenvalue weighted by molar-refractivity contribution is 6.06. The van der Waals surface area contributed by atoms with Crippen LogP contribution in [0.5, 0.6) is 5.75 Å². The first kappa shape index (κ1) is 29.5. The number of hydrogen-bond acceptors (Lipinski definition) is 9. The second-order valence-electron chi connectivity index (χ2n) is 10.6. The minimum atomic E-state index is -0.752. The first-order valence-corrected chi connectivity index (χ1v) is 14.4. The molecule has 4 aromatic rings. The number of anilines is 1. The number of hydrogen-bond donors (Lipinski definition) is 3. The summed E-state index contributed by atoms with van der Waals surface area (Å²) in [5.41, 5.74) is 10.1. The van der Waals surface area contributed by atoms with Crippen LogP contribution in [0.1, 0.15) is 68.8 Å². The summed E-state index contributed by atoms with van der Waals surface area (Å²) < 4.78 is 2.16. The Bertz CT molecular complexity index is 1700. The molecule has 0 spiro atoms. The van der Waals surface area contributed by atoms with Crippen LogP contribution in [0.2, 0.25) is 0 Å². The Balaban J connectivity index is 1.25. The normalized spacial score (nSPS) is 13.3. The Labute approximate surface area is 247 Å². The van der Waals surface area contributed by atoms with Crippen molar-refractivity contribution in [3.05, 3.63) is 59.4 Å². The van der Waals surface area contributed by atoms with E-state index in [4.69, 9.17) is 15.6 Å². The third-order valence-electron chi connectivity index (χ3n) is 7.39. The zero-order valence-corrected chi connectivity index (χ0v) is 24.0. The van der Waals surface area contributed by atoms with Crippen LogP contribution in [-0.2, 0) is 43.5 Å². The van der Waals surface area contributed by atoms with Gasteiger partial charge < -0.3 is 25.6 Å². The highest BCUT2D eigenvalue weighted by atomic mass is 16.7. The molecule has 1 saturated heterocycles. The maximum Gasteiger partial charge on any atom is 0.333 e. The fourth-order valence-corrected chi connectivity index (χ4v) is 5.14. The van der Waals surface area contributed by atoms with E-state index in [1.807, 2.05) is 36.4 Å². The zero-order chi connectivity index (χ0) is 30.5. The van der Waals surface area contributed by atoms with Crippen molar-refractivity contribution in [3.8, 4) is 5.75 Å². The second kappa shape index (κ2) is 12.9. The molecule has 2 aromatic heterocycles. The van der Waals surface area contributed by atoms with Crippen molar-refractivity contribution < 1.29 is 29.1 Å². The number of rotatable bonds is 12. The Morgan fingerprint density at radius 2 is 1.81 bits per heavy atom. The highest BCUT2D eigenvalue weighted by Gasteiger charge is 2.32. The molecule has 0 aliphatic carbocycles. The Hall–Kier alpha value is -5.00. The smallest absolute Gasteiger partial charge is 0.333 e. The number of imide groups is 1. The number of benzene rings is 2. The van der Waals surface area contributed by atoms with E-state index in [0.717, 1.165) is 47.1 Å². The number of pyridine rings is 1. The number of carbonyl (C=O) groups excluding carboxylic acids is 4. The molecule has 12 heteroatoms. The molecular weight excluding hydrogens is 552 g/mol. The van der Waals surface area contributed by atoms with Gasteiger partial charge in [-0.15, -0.1) is 5.06 Å². The molecule has 224 valence electrons. The number of nitrogens with one attached hydrogen (secondary N) is 1. The average Bonchev–Trinajstić information content (AvgIpc) is 3.51. The lowest BCUT2D eigenvalue weighted by Gasteiger charge is -2.14. The van der Waals surface area contributed by atoms with E-state index >= 15 is 0 Å². The molecule has 43 heavy (non-hydrogen) atoms. The molecule has 4 N–H and O–H groups in total. The predicted molar refractivity (Wildman–Crippen MR) is 158 cm³/mol. The maximum absolute atomic E-state index is 12.5. The van der Waals surface area contributed by atoms with Crippen LogP contribution >= 0.6 is 0 Å². The molecule has 5 rings (SSSR count). The zero-order valence-electron chi connectivity index (χ0n) is 24.0. The molecule has 0 bridgehead atoms. The number of aromatic nitrogens is 3. The van der Waals surface area contributed by atoms with Gasteiger partial charge in [0.15, 0.2) is 5.82 Å². The monoisotopic (exact) mass is 586 g/mol. The van der Waals surface area contributed by atoms with Gasteiger partial charge in [-0.3, -0.25) is 14.4 Å². The van der Waals surface area contributed by atoms with Crippen molar-refractivity contribution in [2.75, 3.05) is 5.73 Å². The van der Waals surface area contributed by atoms with Crippen molar-refractivity contribution in [1.29, 1.82) is 0 Å². The number of phenolic OH excluding ortho intramolecular Hbond substituents is 1. The van der Waals surface area contributed by atoms with Crippen molar-refractivity contribution in [1.82, 2.24) is 24.9 Å². The number of nitrogens with two attached hydrogens (primary N) is 1. The van der Waals surface area contributed by atoms with Gasteiger partial charge in [-0.05, 0) is 36.6 Å². The van der Waals surface area contributed by atoms with E-state index in [-0.39, 0.29) is 50.3 Å². The number of para-hydroxylation sites is 1. The number of nitrogens with zero attached hydrogens (tertiary/aromatic N) is 4. The molecule has 3 amide bonds. The van der Waals surface area contributed by atoms with E-state index in [9.17, 15) is 24.3 Å². The van der Waals surface area contributed by atoms with Crippen LogP contribution in [0.15, 0.2) is 42.5 Å². The Morgan fingerprint density at radius 3 is 2.58 bits per heavy atom. The molecule has 0 unspecified atom stereocenters. The van der Waals surface area contributed by atoms with Gasteiger partial charge in [0.2, 0.25) is 5.91 Å². The van der Waals surface area contributed by atoms with Crippen LogP contribution in [0.3, 0.4) is 0 Å². The van der Waals surface area contributed by atoms with Gasteiger partial charge in [0, 0.05) is 56.1 Å². The minimum Gasteiger partial charge on any atom is -0.508 e. The minimum absolute atomic E-state index is 0.0184. The van der Waals surface area contributed by atoms with E-state index < -0.39 is 17.8 Å².